The van der Waals surface area contributed by atoms with Crippen LogP contribution in [0.5, 0.6) is 0 Å². The van der Waals surface area contributed by atoms with Crippen LogP contribution in [0.25, 0.3) is 6.08 Å². The van der Waals surface area contributed by atoms with Crippen molar-refractivity contribution in [2.45, 2.75) is 6.42 Å². The monoisotopic (exact) mass is 298 g/mol. The summed E-state index contributed by atoms with van der Waals surface area (Å²) >= 11 is 0. The van der Waals surface area contributed by atoms with Gasteiger partial charge in [-0.25, -0.2) is 12.7 Å². The van der Waals surface area contributed by atoms with Crippen molar-refractivity contribution in [2.75, 3.05) is 32.4 Å². The van der Waals surface area contributed by atoms with E-state index in [4.69, 9.17) is 4.42 Å². The quantitative estimate of drug-likeness (QED) is 0.773. The minimum atomic E-state index is -3.18. The lowest BCUT2D eigenvalue weighted by molar-refractivity contribution is -0.125. The summed E-state index contributed by atoms with van der Waals surface area (Å²) in [7, 11) is -3.18. The summed E-state index contributed by atoms with van der Waals surface area (Å²) in [6.45, 7) is 1.78. The fraction of sp³-hybridized carbons (Fsp3) is 0.462. The molecule has 0 radical (unpaired) electrons. The van der Waals surface area contributed by atoms with E-state index in [2.05, 4.69) is 0 Å². The Labute approximate surface area is 118 Å². The van der Waals surface area contributed by atoms with Crippen LogP contribution in [0.3, 0.4) is 0 Å². The van der Waals surface area contributed by atoms with Crippen molar-refractivity contribution in [1.82, 2.24) is 9.21 Å². The van der Waals surface area contributed by atoms with E-state index in [0.717, 1.165) is 0 Å². The Kier molecular flexibility index (Phi) is 4.61. The first kappa shape index (κ1) is 14.8. The van der Waals surface area contributed by atoms with Gasteiger partial charge in [0, 0.05) is 32.3 Å². The molecule has 0 spiro atoms. The van der Waals surface area contributed by atoms with Gasteiger partial charge in [-0.3, -0.25) is 4.79 Å². The average molecular weight is 298 g/mol. The maximum absolute atomic E-state index is 12.0. The Bertz CT molecular complexity index is 578. The van der Waals surface area contributed by atoms with Gasteiger partial charge in [0.15, 0.2) is 0 Å². The highest BCUT2D eigenvalue weighted by atomic mass is 32.2. The van der Waals surface area contributed by atoms with Crippen molar-refractivity contribution in [3.05, 3.63) is 30.2 Å². The molecule has 0 aromatic carbocycles. The van der Waals surface area contributed by atoms with Crippen molar-refractivity contribution in [2.24, 2.45) is 0 Å². The molecule has 2 heterocycles. The van der Waals surface area contributed by atoms with Gasteiger partial charge in [-0.2, -0.15) is 0 Å². The number of hydrogen-bond acceptors (Lipinski definition) is 4. The van der Waals surface area contributed by atoms with Crippen molar-refractivity contribution >= 4 is 22.0 Å². The number of sulfonamides is 1. The predicted octanol–water partition coefficient (Wildman–Crippen LogP) is 0.787. The molecule has 0 bridgehead atoms. The first-order chi connectivity index (χ1) is 9.47. The lowest BCUT2D eigenvalue weighted by atomic mass is 10.3. The van der Waals surface area contributed by atoms with Gasteiger partial charge in [-0.1, -0.05) is 0 Å². The van der Waals surface area contributed by atoms with Gasteiger partial charge >= 0.3 is 0 Å². The second kappa shape index (κ2) is 6.23. The molecule has 1 aromatic rings. The average Bonchev–Trinajstić information content (AvgIpc) is 2.76. The summed E-state index contributed by atoms with van der Waals surface area (Å²) in [6, 6.07) is 3.51. The Morgan fingerprint density at radius 3 is 2.75 bits per heavy atom. The highest BCUT2D eigenvalue weighted by Crippen LogP contribution is 2.08. The summed E-state index contributed by atoms with van der Waals surface area (Å²) in [5, 5.41) is 0. The molecule has 0 saturated carbocycles. The van der Waals surface area contributed by atoms with Crippen LogP contribution in [-0.4, -0.2) is 56.0 Å². The molecule has 1 fully saturated rings. The van der Waals surface area contributed by atoms with Gasteiger partial charge in [0.25, 0.3) is 0 Å². The van der Waals surface area contributed by atoms with Gasteiger partial charge < -0.3 is 9.32 Å². The smallest absolute Gasteiger partial charge is 0.246 e. The van der Waals surface area contributed by atoms with E-state index in [1.807, 2.05) is 0 Å². The van der Waals surface area contributed by atoms with Gasteiger partial charge in [0.2, 0.25) is 15.9 Å². The SMILES string of the molecule is CS(=O)(=O)N1CCCN(C(=O)C=Cc2ccco2)CC1. The normalized spacial score (nSPS) is 18.4. The van der Waals surface area contributed by atoms with E-state index in [9.17, 15) is 13.2 Å². The van der Waals surface area contributed by atoms with Crippen LogP contribution < -0.4 is 0 Å². The third-order valence-electron chi connectivity index (χ3n) is 3.17. The first-order valence-electron chi connectivity index (χ1n) is 6.42. The molecule has 0 N–H and O–H groups in total. The molecule has 1 aliphatic heterocycles. The Balaban J connectivity index is 1.95. The topological polar surface area (TPSA) is 70.8 Å². The van der Waals surface area contributed by atoms with Gasteiger partial charge in [-0.15, -0.1) is 0 Å². The van der Waals surface area contributed by atoms with Crippen molar-refractivity contribution in [1.29, 1.82) is 0 Å². The lowest BCUT2D eigenvalue weighted by Crippen LogP contribution is -2.36. The van der Waals surface area contributed by atoms with Crippen LogP contribution in [0.4, 0.5) is 0 Å². The van der Waals surface area contributed by atoms with E-state index < -0.39 is 10.0 Å². The molecule has 0 unspecified atom stereocenters. The largest absolute Gasteiger partial charge is 0.465 e. The maximum atomic E-state index is 12.0. The number of carbonyl (C=O) groups is 1. The van der Waals surface area contributed by atoms with E-state index in [1.165, 1.54) is 16.6 Å². The molecule has 1 saturated heterocycles. The van der Waals surface area contributed by atoms with Crippen molar-refractivity contribution in [3.63, 3.8) is 0 Å². The maximum Gasteiger partial charge on any atom is 0.246 e. The van der Waals surface area contributed by atoms with Crippen LogP contribution in [0.2, 0.25) is 0 Å². The number of rotatable bonds is 3. The van der Waals surface area contributed by atoms with Gasteiger partial charge in [-0.05, 0) is 24.6 Å². The standard InChI is InChI=1S/C13H18N2O4S/c1-20(17,18)15-8-3-7-14(9-10-15)13(16)6-5-12-4-2-11-19-12/h2,4-6,11H,3,7-10H2,1H3. The van der Waals surface area contributed by atoms with E-state index in [-0.39, 0.29) is 5.91 Å². The zero-order valence-corrected chi connectivity index (χ0v) is 12.2. The molecule has 2 rings (SSSR count). The summed E-state index contributed by atoms with van der Waals surface area (Å²) in [6.07, 6.45) is 6.45. The number of carbonyl (C=O) groups excluding carboxylic acids is 1. The molecule has 0 aliphatic carbocycles. The molecule has 20 heavy (non-hydrogen) atoms. The van der Waals surface area contributed by atoms with Crippen LogP contribution >= 0.6 is 0 Å². The summed E-state index contributed by atoms with van der Waals surface area (Å²) < 4.78 is 29.5. The minimum absolute atomic E-state index is 0.128. The Hall–Kier alpha value is -1.60. The molecule has 6 nitrogen and oxygen atoms in total. The third kappa shape index (κ3) is 3.94. The fourth-order valence-electron chi connectivity index (χ4n) is 2.09. The molecule has 110 valence electrons. The zero-order valence-electron chi connectivity index (χ0n) is 11.4. The van der Waals surface area contributed by atoms with Crippen molar-refractivity contribution in [3.8, 4) is 0 Å². The second-order valence-corrected chi connectivity index (χ2v) is 6.67. The fourth-order valence-corrected chi connectivity index (χ4v) is 2.96. The zero-order chi connectivity index (χ0) is 14.6. The molecule has 0 atom stereocenters. The molecular formula is C13H18N2O4S. The Morgan fingerprint density at radius 2 is 2.10 bits per heavy atom. The lowest BCUT2D eigenvalue weighted by Gasteiger charge is -2.19. The minimum Gasteiger partial charge on any atom is -0.465 e. The predicted molar refractivity (Wildman–Crippen MR) is 75.4 cm³/mol. The Morgan fingerprint density at radius 1 is 1.30 bits per heavy atom. The number of amides is 1. The first-order valence-corrected chi connectivity index (χ1v) is 8.27. The summed E-state index contributed by atoms with van der Waals surface area (Å²) in [5.74, 6) is 0.489. The second-order valence-electron chi connectivity index (χ2n) is 4.69. The van der Waals surface area contributed by atoms with Crippen LogP contribution in [0, 0.1) is 0 Å². The van der Waals surface area contributed by atoms with Crippen LogP contribution in [0.15, 0.2) is 28.9 Å². The van der Waals surface area contributed by atoms with Gasteiger partial charge in [0.1, 0.15) is 5.76 Å². The van der Waals surface area contributed by atoms with Gasteiger partial charge in [0.05, 0.1) is 12.5 Å². The molecule has 1 aromatic heterocycles. The molecule has 1 aliphatic rings. The highest BCUT2D eigenvalue weighted by Gasteiger charge is 2.22. The number of furan rings is 1. The van der Waals surface area contributed by atoms with Crippen LogP contribution in [0.1, 0.15) is 12.2 Å². The van der Waals surface area contributed by atoms with Crippen LogP contribution in [-0.2, 0) is 14.8 Å². The summed E-state index contributed by atoms with van der Waals surface area (Å²) in [5.41, 5.74) is 0. The third-order valence-corrected chi connectivity index (χ3v) is 4.47. The molecule has 1 amide bonds. The van der Waals surface area contributed by atoms with E-state index >= 15 is 0 Å². The molecular weight excluding hydrogens is 280 g/mol. The highest BCUT2D eigenvalue weighted by molar-refractivity contribution is 7.88. The number of nitrogens with zero attached hydrogens (tertiary/aromatic N) is 2. The summed E-state index contributed by atoms with van der Waals surface area (Å²) in [4.78, 5) is 13.7. The number of hydrogen-bond donors (Lipinski definition) is 0. The van der Waals surface area contributed by atoms with Crippen molar-refractivity contribution < 1.29 is 17.6 Å². The molecule has 7 heteroatoms. The van der Waals surface area contributed by atoms with E-state index in [1.54, 1.807) is 29.4 Å². The van der Waals surface area contributed by atoms with E-state index in [0.29, 0.717) is 38.4 Å².